The summed E-state index contributed by atoms with van der Waals surface area (Å²) < 4.78 is 0. The van der Waals surface area contributed by atoms with Crippen molar-refractivity contribution >= 4 is 23.1 Å². The van der Waals surface area contributed by atoms with E-state index in [0.29, 0.717) is 16.8 Å². The first kappa shape index (κ1) is 18.7. The molecule has 7 nitrogen and oxygen atoms in total. The van der Waals surface area contributed by atoms with Gasteiger partial charge in [0, 0.05) is 31.3 Å². The van der Waals surface area contributed by atoms with Gasteiger partial charge in [0.25, 0.3) is 17.5 Å². The molecule has 0 bridgehead atoms. The Bertz CT molecular complexity index is 819. The summed E-state index contributed by atoms with van der Waals surface area (Å²) >= 11 is 0. The number of rotatable bonds is 4. The second-order valence-electron chi connectivity index (χ2n) is 7.85. The van der Waals surface area contributed by atoms with Crippen LogP contribution in [0.3, 0.4) is 0 Å². The van der Waals surface area contributed by atoms with Crippen molar-refractivity contribution in [2.45, 2.75) is 57.4 Å². The average molecular weight is 383 g/mol. The number of nitro benzene ring substituents is 1. The van der Waals surface area contributed by atoms with Crippen molar-refractivity contribution in [2.75, 3.05) is 13.1 Å². The number of non-ortho nitro benzene ring substituents is 1. The molecule has 0 radical (unpaired) electrons. The Kier molecular flexibility index (Phi) is 5.15. The maximum atomic E-state index is 13.4. The lowest BCUT2D eigenvalue weighted by molar-refractivity contribution is -0.384. The van der Waals surface area contributed by atoms with E-state index in [4.69, 9.17) is 0 Å². The van der Waals surface area contributed by atoms with Crippen molar-refractivity contribution in [2.24, 2.45) is 0 Å². The molecule has 2 heterocycles. The molecule has 0 unspecified atom stereocenters. The largest absolute Gasteiger partial charge is 0.366 e. The summed E-state index contributed by atoms with van der Waals surface area (Å²) in [5.74, 6) is -0.432. The third-order valence-corrected chi connectivity index (χ3v) is 6.07. The Labute approximate surface area is 164 Å². The molecule has 1 aromatic rings. The third-order valence-electron chi connectivity index (χ3n) is 6.07. The van der Waals surface area contributed by atoms with Crippen LogP contribution in [-0.4, -0.2) is 45.7 Å². The number of carbonyl (C=O) groups excluding carboxylic acids is 2. The summed E-state index contributed by atoms with van der Waals surface area (Å²) in [5, 5.41) is 11.0. The number of nitro groups is 1. The van der Waals surface area contributed by atoms with Crippen LogP contribution in [0.15, 0.2) is 30.0 Å². The van der Waals surface area contributed by atoms with Gasteiger partial charge in [-0.25, -0.2) is 0 Å². The second-order valence-corrected chi connectivity index (χ2v) is 7.85. The van der Waals surface area contributed by atoms with Gasteiger partial charge in [0.15, 0.2) is 0 Å². The average Bonchev–Trinajstić information content (AvgIpc) is 2.99. The molecule has 7 heteroatoms. The van der Waals surface area contributed by atoms with E-state index in [1.165, 1.54) is 17.0 Å². The van der Waals surface area contributed by atoms with E-state index in [9.17, 15) is 19.7 Å². The molecule has 1 saturated heterocycles. The Hall–Kier alpha value is -2.70. The maximum Gasteiger partial charge on any atom is 0.278 e. The topological polar surface area (TPSA) is 83.8 Å². The van der Waals surface area contributed by atoms with Crippen molar-refractivity contribution in [1.82, 2.24) is 9.80 Å². The first-order valence-corrected chi connectivity index (χ1v) is 10.2. The predicted octanol–water partition coefficient (Wildman–Crippen LogP) is 3.49. The Morgan fingerprint density at radius 1 is 0.857 bits per heavy atom. The predicted molar refractivity (Wildman–Crippen MR) is 104 cm³/mol. The van der Waals surface area contributed by atoms with E-state index in [1.807, 2.05) is 4.90 Å². The maximum absolute atomic E-state index is 13.4. The van der Waals surface area contributed by atoms with E-state index in [0.717, 1.165) is 64.5 Å². The Morgan fingerprint density at radius 3 is 2.07 bits per heavy atom. The molecule has 0 spiro atoms. The summed E-state index contributed by atoms with van der Waals surface area (Å²) in [4.78, 5) is 40.8. The number of carbonyl (C=O) groups is 2. The molecule has 1 saturated carbocycles. The highest BCUT2D eigenvalue weighted by molar-refractivity contribution is 6.35. The standard InChI is InChI=1S/C21H25N3O4/c25-20-18(15-9-11-17(12-10-15)24(27)28)19(22-13-5-2-6-14-22)21(26)23(20)16-7-3-1-4-8-16/h9-12,16H,1-8,13-14H2. The highest BCUT2D eigenvalue weighted by Gasteiger charge is 2.45. The SMILES string of the molecule is O=C1C(c2ccc([N+](=O)[O-])cc2)=C(N2CCCCC2)C(=O)N1C1CCCCC1. The van der Waals surface area contributed by atoms with Gasteiger partial charge in [-0.2, -0.15) is 0 Å². The minimum atomic E-state index is -0.459. The molecule has 4 rings (SSSR count). The van der Waals surface area contributed by atoms with Crippen LogP contribution in [0.2, 0.25) is 0 Å². The van der Waals surface area contributed by atoms with Gasteiger partial charge in [0.1, 0.15) is 5.70 Å². The normalized spacial score (nSPS) is 21.6. The third kappa shape index (κ3) is 3.30. The molecule has 1 aromatic carbocycles. The molecule has 1 aliphatic carbocycles. The van der Waals surface area contributed by atoms with Crippen molar-refractivity contribution in [1.29, 1.82) is 0 Å². The van der Waals surface area contributed by atoms with Crippen LogP contribution in [0.25, 0.3) is 5.57 Å². The number of amides is 2. The number of benzene rings is 1. The molecule has 148 valence electrons. The van der Waals surface area contributed by atoms with Crippen molar-refractivity contribution in [3.8, 4) is 0 Å². The van der Waals surface area contributed by atoms with Crippen LogP contribution in [0, 0.1) is 10.1 Å². The molecule has 2 fully saturated rings. The summed E-state index contributed by atoms with van der Waals surface area (Å²) in [7, 11) is 0. The zero-order chi connectivity index (χ0) is 19.7. The van der Waals surface area contributed by atoms with Gasteiger partial charge in [-0.3, -0.25) is 24.6 Å². The highest BCUT2D eigenvalue weighted by Crippen LogP contribution is 2.37. The van der Waals surface area contributed by atoms with E-state index in [2.05, 4.69) is 0 Å². The number of hydrogen-bond donors (Lipinski definition) is 0. The number of piperidine rings is 1. The number of likely N-dealkylation sites (tertiary alicyclic amines) is 1. The van der Waals surface area contributed by atoms with Gasteiger partial charge in [-0.05, 0) is 49.8 Å². The Balaban J connectivity index is 1.74. The molecule has 28 heavy (non-hydrogen) atoms. The van der Waals surface area contributed by atoms with Gasteiger partial charge >= 0.3 is 0 Å². The number of hydrogen-bond acceptors (Lipinski definition) is 5. The van der Waals surface area contributed by atoms with Crippen molar-refractivity contribution in [3.05, 3.63) is 45.6 Å². The lowest BCUT2D eigenvalue weighted by Gasteiger charge is -2.32. The van der Waals surface area contributed by atoms with Crippen LogP contribution in [0.1, 0.15) is 56.9 Å². The molecule has 2 amide bonds. The fourth-order valence-corrected chi connectivity index (χ4v) is 4.63. The van der Waals surface area contributed by atoms with E-state index >= 15 is 0 Å². The molecule has 0 aromatic heterocycles. The fraction of sp³-hybridized carbons (Fsp3) is 0.524. The van der Waals surface area contributed by atoms with Crippen LogP contribution in [-0.2, 0) is 9.59 Å². The monoisotopic (exact) mass is 383 g/mol. The first-order chi connectivity index (χ1) is 13.6. The molecule has 0 atom stereocenters. The first-order valence-electron chi connectivity index (χ1n) is 10.2. The van der Waals surface area contributed by atoms with Gasteiger partial charge < -0.3 is 4.90 Å². The van der Waals surface area contributed by atoms with Crippen molar-refractivity contribution < 1.29 is 14.5 Å². The molecule has 2 aliphatic heterocycles. The zero-order valence-electron chi connectivity index (χ0n) is 15.9. The summed E-state index contributed by atoms with van der Waals surface area (Å²) in [5.41, 5.74) is 1.46. The highest BCUT2D eigenvalue weighted by atomic mass is 16.6. The van der Waals surface area contributed by atoms with E-state index in [1.54, 1.807) is 12.1 Å². The summed E-state index contributed by atoms with van der Waals surface area (Å²) in [6.45, 7) is 1.53. The van der Waals surface area contributed by atoms with Gasteiger partial charge in [0.05, 0.1) is 10.5 Å². The second kappa shape index (κ2) is 7.73. The molecular weight excluding hydrogens is 358 g/mol. The van der Waals surface area contributed by atoms with Gasteiger partial charge in [-0.15, -0.1) is 0 Å². The minimum Gasteiger partial charge on any atom is -0.366 e. The smallest absolute Gasteiger partial charge is 0.278 e. The summed E-state index contributed by atoms with van der Waals surface area (Å²) in [6.07, 6.45) is 8.07. The van der Waals surface area contributed by atoms with Gasteiger partial charge in [0.2, 0.25) is 0 Å². The summed E-state index contributed by atoms with van der Waals surface area (Å²) in [6, 6.07) is 5.94. The van der Waals surface area contributed by atoms with E-state index < -0.39 is 4.92 Å². The molecular formula is C21H25N3O4. The quantitative estimate of drug-likeness (QED) is 0.451. The van der Waals surface area contributed by atoms with E-state index in [-0.39, 0.29) is 23.5 Å². The zero-order valence-corrected chi connectivity index (χ0v) is 15.9. The Morgan fingerprint density at radius 2 is 1.46 bits per heavy atom. The molecule has 0 N–H and O–H groups in total. The lowest BCUT2D eigenvalue weighted by atomic mass is 9.94. The van der Waals surface area contributed by atoms with Crippen molar-refractivity contribution in [3.63, 3.8) is 0 Å². The van der Waals surface area contributed by atoms with Crippen LogP contribution in [0.5, 0.6) is 0 Å². The fourth-order valence-electron chi connectivity index (χ4n) is 4.63. The van der Waals surface area contributed by atoms with Crippen LogP contribution in [0.4, 0.5) is 5.69 Å². The lowest BCUT2D eigenvalue weighted by Crippen LogP contribution is -2.44. The number of imide groups is 1. The van der Waals surface area contributed by atoms with Gasteiger partial charge in [-0.1, -0.05) is 19.3 Å². The minimum absolute atomic E-state index is 0.0234. The number of nitrogens with zero attached hydrogens (tertiary/aromatic N) is 3. The van der Waals surface area contributed by atoms with Crippen LogP contribution < -0.4 is 0 Å². The van der Waals surface area contributed by atoms with Crippen LogP contribution >= 0.6 is 0 Å². The molecule has 3 aliphatic rings.